The Hall–Kier alpha value is -1.50. The first-order valence-corrected chi connectivity index (χ1v) is 6.86. The van der Waals surface area contributed by atoms with Gasteiger partial charge in [0.1, 0.15) is 11.8 Å². The van der Waals surface area contributed by atoms with Crippen LogP contribution in [0.2, 0.25) is 0 Å². The lowest BCUT2D eigenvalue weighted by molar-refractivity contribution is -0.129. The zero-order chi connectivity index (χ0) is 14.0. The molecule has 100 valence electrons. The van der Waals surface area contributed by atoms with Gasteiger partial charge in [-0.05, 0) is 32.5 Å². The molecule has 1 amide bonds. The molecule has 1 spiro atoms. The van der Waals surface area contributed by atoms with Crippen LogP contribution in [0.3, 0.4) is 0 Å². The van der Waals surface area contributed by atoms with E-state index in [1.807, 2.05) is 0 Å². The van der Waals surface area contributed by atoms with Crippen LogP contribution in [0.1, 0.15) is 19.8 Å². The molecule has 2 atom stereocenters. The van der Waals surface area contributed by atoms with E-state index in [0.717, 1.165) is 19.6 Å². The average molecular weight is 276 g/mol. The fourth-order valence-electron chi connectivity index (χ4n) is 3.19. The van der Waals surface area contributed by atoms with E-state index in [2.05, 4.69) is 29.3 Å². The summed E-state index contributed by atoms with van der Waals surface area (Å²) in [6.07, 6.45) is 1.34. The van der Waals surface area contributed by atoms with E-state index in [9.17, 15) is 15.3 Å². The molecule has 2 fully saturated rings. The standard InChI is InChI=1S/C13H16N4OS/c1-2-17-5-3-13(4-6-17)9(7-14)11(18)16-12(19)10(13)8-15/h9-10H,2-6H2,1H3,(H,16,18,19). The Morgan fingerprint density at radius 3 is 2.42 bits per heavy atom. The Kier molecular flexibility index (Phi) is 3.84. The van der Waals surface area contributed by atoms with Crippen molar-refractivity contribution >= 4 is 23.1 Å². The Bertz CT molecular complexity index is 448. The zero-order valence-corrected chi connectivity index (χ0v) is 11.7. The van der Waals surface area contributed by atoms with Gasteiger partial charge in [0, 0.05) is 5.41 Å². The molecule has 0 saturated carbocycles. The van der Waals surface area contributed by atoms with E-state index in [1.165, 1.54) is 0 Å². The normalized spacial score (nSPS) is 30.5. The van der Waals surface area contributed by atoms with Crippen LogP contribution in [0.4, 0.5) is 0 Å². The van der Waals surface area contributed by atoms with Crippen molar-refractivity contribution in [3.8, 4) is 12.1 Å². The average Bonchev–Trinajstić information content (AvgIpc) is 2.40. The molecule has 1 N–H and O–H groups in total. The maximum atomic E-state index is 12.0. The SMILES string of the molecule is CCN1CCC2(CC1)C(C#N)C(=O)NC(=S)C2C#N. The summed E-state index contributed by atoms with van der Waals surface area (Å²) in [5.74, 6) is -1.66. The first kappa shape index (κ1) is 13.9. The number of amides is 1. The summed E-state index contributed by atoms with van der Waals surface area (Å²) >= 11 is 5.14. The minimum atomic E-state index is -0.775. The van der Waals surface area contributed by atoms with Gasteiger partial charge in [0.25, 0.3) is 0 Å². The van der Waals surface area contributed by atoms with E-state index in [4.69, 9.17) is 12.2 Å². The molecule has 19 heavy (non-hydrogen) atoms. The van der Waals surface area contributed by atoms with Gasteiger partial charge in [0.15, 0.2) is 0 Å². The van der Waals surface area contributed by atoms with Gasteiger partial charge < -0.3 is 10.2 Å². The smallest absolute Gasteiger partial charge is 0.242 e. The van der Waals surface area contributed by atoms with Gasteiger partial charge in [-0.2, -0.15) is 10.5 Å². The van der Waals surface area contributed by atoms with Crippen LogP contribution in [0.25, 0.3) is 0 Å². The molecule has 2 unspecified atom stereocenters. The molecule has 0 bridgehead atoms. The van der Waals surface area contributed by atoms with Crippen molar-refractivity contribution in [1.29, 1.82) is 10.5 Å². The minimum absolute atomic E-state index is 0.281. The fraction of sp³-hybridized carbons (Fsp3) is 0.692. The summed E-state index contributed by atoms with van der Waals surface area (Å²) < 4.78 is 0. The monoisotopic (exact) mass is 276 g/mol. The lowest BCUT2D eigenvalue weighted by Gasteiger charge is -2.48. The molecule has 6 heteroatoms. The van der Waals surface area contributed by atoms with Gasteiger partial charge in [0.2, 0.25) is 5.91 Å². The highest BCUT2D eigenvalue weighted by atomic mass is 32.1. The van der Waals surface area contributed by atoms with E-state index < -0.39 is 17.3 Å². The molecule has 2 aliphatic rings. The number of piperidine rings is 2. The molecular formula is C13H16N4OS. The number of nitrogens with zero attached hydrogens (tertiary/aromatic N) is 3. The van der Waals surface area contributed by atoms with Crippen molar-refractivity contribution in [2.24, 2.45) is 17.3 Å². The van der Waals surface area contributed by atoms with Crippen molar-refractivity contribution in [2.45, 2.75) is 19.8 Å². The van der Waals surface area contributed by atoms with Crippen molar-refractivity contribution in [3.05, 3.63) is 0 Å². The number of hydrogen-bond acceptors (Lipinski definition) is 5. The van der Waals surface area contributed by atoms with E-state index in [1.54, 1.807) is 0 Å². The fourth-order valence-corrected chi connectivity index (χ4v) is 3.58. The second kappa shape index (κ2) is 5.24. The highest BCUT2D eigenvalue weighted by Crippen LogP contribution is 2.47. The Labute approximate surface area is 118 Å². The number of nitriles is 2. The van der Waals surface area contributed by atoms with Crippen molar-refractivity contribution in [3.63, 3.8) is 0 Å². The third kappa shape index (κ3) is 2.11. The number of thiocarbonyl (C=S) groups is 1. The van der Waals surface area contributed by atoms with Gasteiger partial charge in [-0.25, -0.2) is 0 Å². The third-order valence-electron chi connectivity index (χ3n) is 4.41. The maximum absolute atomic E-state index is 12.0. The molecule has 0 aliphatic carbocycles. The van der Waals surface area contributed by atoms with Crippen LogP contribution < -0.4 is 5.32 Å². The van der Waals surface area contributed by atoms with Crippen LogP contribution in [-0.2, 0) is 4.79 Å². The Morgan fingerprint density at radius 1 is 1.37 bits per heavy atom. The quantitative estimate of drug-likeness (QED) is 0.717. The summed E-state index contributed by atoms with van der Waals surface area (Å²) in [6.45, 7) is 4.65. The summed E-state index contributed by atoms with van der Waals surface area (Å²) in [4.78, 5) is 14.5. The van der Waals surface area contributed by atoms with Crippen LogP contribution in [0.15, 0.2) is 0 Å². The molecule has 0 aromatic rings. The lowest BCUT2D eigenvalue weighted by atomic mass is 9.59. The molecule has 0 aromatic carbocycles. The molecule has 2 aliphatic heterocycles. The molecule has 2 heterocycles. The van der Waals surface area contributed by atoms with Crippen LogP contribution >= 0.6 is 12.2 Å². The molecule has 2 saturated heterocycles. The molecular weight excluding hydrogens is 260 g/mol. The summed E-state index contributed by atoms with van der Waals surface area (Å²) in [5.41, 5.74) is -0.603. The lowest BCUT2D eigenvalue weighted by Crippen LogP contribution is -2.60. The highest BCUT2D eigenvalue weighted by molar-refractivity contribution is 7.80. The Morgan fingerprint density at radius 2 is 1.95 bits per heavy atom. The number of likely N-dealkylation sites (tertiary alicyclic amines) is 1. The van der Waals surface area contributed by atoms with Crippen molar-refractivity contribution in [1.82, 2.24) is 10.2 Å². The number of carbonyl (C=O) groups is 1. The van der Waals surface area contributed by atoms with Gasteiger partial charge in [-0.1, -0.05) is 19.1 Å². The highest BCUT2D eigenvalue weighted by Gasteiger charge is 2.55. The molecule has 2 rings (SSSR count). The molecule has 5 nitrogen and oxygen atoms in total. The van der Waals surface area contributed by atoms with Crippen molar-refractivity contribution in [2.75, 3.05) is 19.6 Å². The number of carbonyl (C=O) groups excluding carboxylic acids is 1. The van der Waals surface area contributed by atoms with Gasteiger partial charge in [-0.3, -0.25) is 4.79 Å². The largest absolute Gasteiger partial charge is 0.318 e. The molecule has 0 radical (unpaired) electrons. The number of nitrogens with one attached hydrogen (secondary N) is 1. The molecule has 0 aromatic heterocycles. The van der Waals surface area contributed by atoms with Gasteiger partial charge in [0.05, 0.1) is 17.1 Å². The number of rotatable bonds is 1. The zero-order valence-electron chi connectivity index (χ0n) is 10.8. The van der Waals surface area contributed by atoms with Crippen LogP contribution in [-0.4, -0.2) is 35.4 Å². The topological polar surface area (TPSA) is 79.9 Å². The predicted molar refractivity (Wildman–Crippen MR) is 72.7 cm³/mol. The first-order valence-electron chi connectivity index (χ1n) is 6.45. The second-order valence-electron chi connectivity index (χ2n) is 5.15. The predicted octanol–water partition coefficient (Wildman–Crippen LogP) is 0.825. The first-order chi connectivity index (χ1) is 9.08. The summed E-state index contributed by atoms with van der Waals surface area (Å²) in [6, 6.07) is 4.30. The van der Waals surface area contributed by atoms with Crippen molar-refractivity contribution < 1.29 is 4.79 Å². The van der Waals surface area contributed by atoms with Crippen LogP contribution in [0.5, 0.6) is 0 Å². The number of hydrogen-bond donors (Lipinski definition) is 1. The Balaban J connectivity index is 2.37. The second-order valence-corrected chi connectivity index (χ2v) is 5.58. The maximum Gasteiger partial charge on any atom is 0.242 e. The minimum Gasteiger partial charge on any atom is -0.318 e. The summed E-state index contributed by atoms with van der Waals surface area (Å²) in [7, 11) is 0. The summed E-state index contributed by atoms with van der Waals surface area (Å²) in [5, 5.41) is 21.2. The van der Waals surface area contributed by atoms with Gasteiger partial charge >= 0.3 is 0 Å². The van der Waals surface area contributed by atoms with E-state index >= 15 is 0 Å². The third-order valence-corrected chi connectivity index (χ3v) is 4.75. The van der Waals surface area contributed by atoms with E-state index in [0.29, 0.717) is 12.8 Å². The van der Waals surface area contributed by atoms with Crippen LogP contribution in [0, 0.1) is 39.9 Å². The van der Waals surface area contributed by atoms with E-state index in [-0.39, 0.29) is 10.9 Å². The van der Waals surface area contributed by atoms with Gasteiger partial charge in [-0.15, -0.1) is 0 Å².